The standard InChI is InChI=1S/C69H134O17P2/c1-8-9-10-11-12-13-14-21-29-36-43-50-66(71)79-57-65(86-69(74)53-46-39-32-25-24-28-35-42-49-62(6)7)59-84-88(77,78)82-55-63(70)54-81-87(75,76)83-58-64(85-68(73)52-45-38-31-23-18-16-20-27-34-41-48-61(4)5)56-80-67(72)51-44-37-30-22-17-15-19-26-33-40-47-60(2)3/h60-65,70H,8-59H2,1-7H3,(H,75,76)(H,77,78)/t63-,64-,65-/m1/s1. The van der Waals surface area contributed by atoms with Crippen LogP contribution in [0.25, 0.3) is 0 Å². The molecule has 0 fully saturated rings. The summed E-state index contributed by atoms with van der Waals surface area (Å²) in [6, 6.07) is 0. The second kappa shape index (κ2) is 60.0. The van der Waals surface area contributed by atoms with Crippen LogP contribution < -0.4 is 0 Å². The van der Waals surface area contributed by atoms with E-state index in [1.165, 1.54) is 154 Å². The molecule has 88 heavy (non-hydrogen) atoms. The molecule has 0 amide bonds. The van der Waals surface area contributed by atoms with E-state index in [1.54, 1.807) is 0 Å². The second-order valence-electron chi connectivity index (χ2n) is 26.3. The number of phosphoric acid groups is 2. The third kappa shape index (κ3) is 62.8. The first-order valence-corrected chi connectivity index (χ1v) is 38.8. The van der Waals surface area contributed by atoms with Crippen LogP contribution in [0.4, 0.5) is 0 Å². The molecule has 522 valence electrons. The van der Waals surface area contributed by atoms with Crippen molar-refractivity contribution < 1.29 is 80.2 Å². The number of aliphatic hydroxyl groups is 1. The van der Waals surface area contributed by atoms with Crippen LogP contribution in [0.3, 0.4) is 0 Å². The minimum atomic E-state index is -4.95. The van der Waals surface area contributed by atoms with E-state index >= 15 is 0 Å². The van der Waals surface area contributed by atoms with Gasteiger partial charge in [0.25, 0.3) is 0 Å². The Hall–Kier alpha value is -1.94. The van der Waals surface area contributed by atoms with Crippen molar-refractivity contribution in [1.82, 2.24) is 0 Å². The summed E-state index contributed by atoms with van der Waals surface area (Å²) < 4.78 is 68.2. The maximum absolute atomic E-state index is 13.0. The molecule has 2 unspecified atom stereocenters. The molecule has 0 rings (SSSR count). The van der Waals surface area contributed by atoms with Gasteiger partial charge in [-0.3, -0.25) is 37.3 Å². The van der Waals surface area contributed by atoms with Crippen LogP contribution in [-0.4, -0.2) is 96.7 Å². The Labute approximate surface area is 537 Å². The summed E-state index contributed by atoms with van der Waals surface area (Å²) in [5.41, 5.74) is 0. The Kier molecular flexibility index (Phi) is 58.7. The SMILES string of the molecule is CCCCCCCCCCCCCC(=O)OC[C@H](COP(=O)(O)OC[C@H](O)COP(=O)(O)OC[C@@H](COC(=O)CCCCCCCCCCCCC(C)C)OC(=O)CCCCCCCCCCCCC(C)C)OC(=O)CCCCCCCCCCC(C)C. The third-order valence-corrected chi connectivity index (χ3v) is 17.8. The van der Waals surface area contributed by atoms with Crippen molar-refractivity contribution in [3.8, 4) is 0 Å². The molecule has 0 bridgehead atoms. The van der Waals surface area contributed by atoms with E-state index in [1.807, 2.05) is 0 Å². The fraction of sp³-hybridized carbons (Fsp3) is 0.942. The number of esters is 4. The first kappa shape index (κ1) is 86.1. The lowest BCUT2D eigenvalue weighted by molar-refractivity contribution is -0.161. The van der Waals surface area contributed by atoms with Crippen LogP contribution >= 0.6 is 15.6 Å². The van der Waals surface area contributed by atoms with Crippen molar-refractivity contribution in [1.29, 1.82) is 0 Å². The van der Waals surface area contributed by atoms with E-state index in [4.69, 9.17) is 37.0 Å². The molecule has 0 radical (unpaired) electrons. The summed E-state index contributed by atoms with van der Waals surface area (Å²) in [5, 5.41) is 10.6. The zero-order chi connectivity index (χ0) is 65.2. The first-order valence-electron chi connectivity index (χ1n) is 35.8. The molecule has 0 heterocycles. The quantitative estimate of drug-likeness (QED) is 0.0222. The average Bonchev–Trinajstić information content (AvgIpc) is 3.53. The van der Waals surface area contributed by atoms with Gasteiger partial charge in [0.2, 0.25) is 0 Å². The normalized spacial score (nSPS) is 14.2. The van der Waals surface area contributed by atoms with E-state index < -0.39 is 97.5 Å². The van der Waals surface area contributed by atoms with Gasteiger partial charge in [0.1, 0.15) is 19.3 Å². The van der Waals surface area contributed by atoms with Crippen molar-refractivity contribution in [2.45, 2.75) is 362 Å². The number of carbonyl (C=O) groups excluding carboxylic acids is 4. The summed E-state index contributed by atoms with van der Waals surface area (Å²) in [6.07, 6.45) is 43.0. The van der Waals surface area contributed by atoms with Gasteiger partial charge in [-0.15, -0.1) is 0 Å². The van der Waals surface area contributed by atoms with E-state index in [9.17, 15) is 43.2 Å². The average molecular weight is 1300 g/mol. The fourth-order valence-corrected chi connectivity index (χ4v) is 11.9. The van der Waals surface area contributed by atoms with Gasteiger partial charge in [-0.05, 0) is 43.4 Å². The van der Waals surface area contributed by atoms with Crippen molar-refractivity contribution in [3.63, 3.8) is 0 Å². The number of unbranched alkanes of at least 4 members (excludes halogenated alkanes) is 35. The highest BCUT2D eigenvalue weighted by molar-refractivity contribution is 7.47. The fourth-order valence-electron chi connectivity index (χ4n) is 10.4. The minimum absolute atomic E-state index is 0.104. The lowest BCUT2D eigenvalue weighted by Crippen LogP contribution is -2.30. The predicted octanol–water partition coefficient (Wildman–Crippen LogP) is 19.5. The summed E-state index contributed by atoms with van der Waals surface area (Å²) >= 11 is 0. The molecule has 19 heteroatoms. The number of carbonyl (C=O) groups is 4. The lowest BCUT2D eigenvalue weighted by Gasteiger charge is -2.21. The van der Waals surface area contributed by atoms with Crippen LogP contribution in [0.15, 0.2) is 0 Å². The van der Waals surface area contributed by atoms with E-state index in [0.717, 1.165) is 108 Å². The Bertz CT molecular complexity index is 1730. The number of hydrogen-bond donors (Lipinski definition) is 3. The molecule has 0 aliphatic heterocycles. The Morgan fingerprint density at radius 2 is 0.523 bits per heavy atom. The predicted molar refractivity (Wildman–Crippen MR) is 354 cm³/mol. The number of ether oxygens (including phenoxy) is 4. The molecular formula is C69H134O17P2. The monoisotopic (exact) mass is 1300 g/mol. The topological polar surface area (TPSA) is 237 Å². The molecule has 0 aromatic carbocycles. The van der Waals surface area contributed by atoms with Crippen LogP contribution in [0.1, 0.15) is 344 Å². The van der Waals surface area contributed by atoms with Gasteiger partial charge in [0, 0.05) is 25.7 Å². The third-order valence-electron chi connectivity index (χ3n) is 15.9. The molecule has 0 saturated heterocycles. The van der Waals surface area contributed by atoms with Crippen molar-refractivity contribution in [2.24, 2.45) is 17.8 Å². The van der Waals surface area contributed by atoms with Gasteiger partial charge < -0.3 is 33.8 Å². The molecule has 0 aliphatic carbocycles. The minimum Gasteiger partial charge on any atom is -0.462 e. The molecule has 5 atom stereocenters. The van der Waals surface area contributed by atoms with Crippen LogP contribution in [0.5, 0.6) is 0 Å². The Balaban J connectivity index is 5.26. The Morgan fingerprint density at radius 3 is 0.773 bits per heavy atom. The van der Waals surface area contributed by atoms with Crippen LogP contribution in [0.2, 0.25) is 0 Å². The zero-order valence-corrected chi connectivity index (χ0v) is 59.0. The largest absolute Gasteiger partial charge is 0.472 e. The number of aliphatic hydroxyl groups excluding tert-OH is 1. The summed E-state index contributed by atoms with van der Waals surface area (Å²) in [4.78, 5) is 72.5. The zero-order valence-electron chi connectivity index (χ0n) is 57.2. The lowest BCUT2D eigenvalue weighted by atomic mass is 10.0. The van der Waals surface area contributed by atoms with Crippen molar-refractivity contribution in [3.05, 3.63) is 0 Å². The van der Waals surface area contributed by atoms with E-state index in [0.29, 0.717) is 25.7 Å². The molecule has 17 nitrogen and oxygen atoms in total. The molecule has 0 spiro atoms. The molecule has 0 aromatic heterocycles. The number of phosphoric ester groups is 2. The van der Waals surface area contributed by atoms with Gasteiger partial charge >= 0.3 is 39.5 Å². The van der Waals surface area contributed by atoms with Crippen LogP contribution in [0, 0.1) is 17.8 Å². The highest BCUT2D eigenvalue weighted by atomic mass is 31.2. The summed E-state index contributed by atoms with van der Waals surface area (Å²) in [7, 11) is -9.90. The maximum atomic E-state index is 13.0. The van der Waals surface area contributed by atoms with Gasteiger partial charge in [-0.2, -0.15) is 0 Å². The van der Waals surface area contributed by atoms with Gasteiger partial charge in [-0.1, -0.05) is 292 Å². The smallest absolute Gasteiger partial charge is 0.462 e. The van der Waals surface area contributed by atoms with Crippen molar-refractivity contribution >= 4 is 39.5 Å². The maximum Gasteiger partial charge on any atom is 0.472 e. The van der Waals surface area contributed by atoms with Gasteiger partial charge in [0.15, 0.2) is 12.2 Å². The summed E-state index contributed by atoms with van der Waals surface area (Å²) in [5.74, 6) is 0.100. The number of rotatable bonds is 67. The first-order chi connectivity index (χ1) is 42.2. The van der Waals surface area contributed by atoms with Crippen molar-refractivity contribution in [2.75, 3.05) is 39.6 Å². The molecule has 0 saturated carbocycles. The second-order valence-corrected chi connectivity index (χ2v) is 29.3. The Morgan fingerprint density at radius 1 is 0.307 bits per heavy atom. The highest BCUT2D eigenvalue weighted by Crippen LogP contribution is 2.45. The molecule has 0 aliphatic rings. The highest BCUT2D eigenvalue weighted by Gasteiger charge is 2.30. The van der Waals surface area contributed by atoms with Crippen LogP contribution in [-0.2, 0) is 65.4 Å². The number of hydrogen-bond acceptors (Lipinski definition) is 15. The van der Waals surface area contributed by atoms with Gasteiger partial charge in [-0.25, -0.2) is 9.13 Å². The summed E-state index contributed by atoms with van der Waals surface area (Å²) in [6.45, 7) is 11.8. The molecule has 3 N–H and O–H groups in total. The van der Waals surface area contributed by atoms with E-state index in [2.05, 4.69) is 48.5 Å². The van der Waals surface area contributed by atoms with Gasteiger partial charge in [0.05, 0.1) is 26.4 Å². The van der Waals surface area contributed by atoms with E-state index in [-0.39, 0.29) is 25.7 Å². The molecule has 0 aromatic rings. The molecular weight excluding hydrogens is 1160 g/mol.